The number of aromatic nitrogens is 2. The summed E-state index contributed by atoms with van der Waals surface area (Å²) < 4.78 is 17.2. The summed E-state index contributed by atoms with van der Waals surface area (Å²) in [6, 6.07) is 10.6. The third-order valence-electron chi connectivity index (χ3n) is 4.08. The Kier molecular flexibility index (Phi) is 5.09. The number of methoxy groups -OCH3 is 1. The van der Waals surface area contributed by atoms with Crippen molar-refractivity contribution in [3.8, 4) is 28.9 Å². The molecule has 0 atom stereocenters. The Morgan fingerprint density at radius 1 is 1.38 bits per heavy atom. The van der Waals surface area contributed by atoms with Crippen LogP contribution < -0.4 is 15.0 Å². The fourth-order valence-electron chi connectivity index (χ4n) is 2.74. The number of ether oxygens (including phenoxy) is 2. The van der Waals surface area contributed by atoms with Crippen LogP contribution in [0.3, 0.4) is 0 Å². The summed E-state index contributed by atoms with van der Waals surface area (Å²) in [5.41, 5.74) is 1.09. The number of hydrogen-bond acceptors (Lipinski definition) is 8. The lowest BCUT2D eigenvalue weighted by atomic mass is 10.2. The smallest absolute Gasteiger partial charge is 0.283 e. The maximum absolute atomic E-state index is 12.9. The van der Waals surface area contributed by atoms with E-state index in [4.69, 9.17) is 19.2 Å². The van der Waals surface area contributed by atoms with Gasteiger partial charge in [0.05, 0.1) is 25.0 Å². The van der Waals surface area contributed by atoms with Crippen LogP contribution in [0, 0.1) is 11.3 Å². The van der Waals surface area contributed by atoms with Crippen molar-refractivity contribution >= 4 is 27.8 Å². The lowest BCUT2D eigenvalue weighted by Gasteiger charge is -2.08. The largest absolute Gasteiger partial charge is 0.493 e. The molecule has 3 heterocycles. The van der Waals surface area contributed by atoms with Crippen LogP contribution in [-0.4, -0.2) is 29.6 Å². The van der Waals surface area contributed by atoms with E-state index in [1.54, 1.807) is 36.6 Å². The lowest BCUT2D eigenvalue weighted by Crippen LogP contribution is -2.16. The quantitative estimate of drug-likeness (QED) is 0.454. The van der Waals surface area contributed by atoms with E-state index < -0.39 is 0 Å². The van der Waals surface area contributed by atoms with Gasteiger partial charge in [-0.15, -0.1) is 11.3 Å². The van der Waals surface area contributed by atoms with Gasteiger partial charge in [-0.25, -0.2) is 4.98 Å². The fraction of sp³-hybridized carbons (Fsp3) is 0.100. The molecular weight excluding hydrogens is 392 g/mol. The van der Waals surface area contributed by atoms with E-state index in [0.29, 0.717) is 38.6 Å². The highest BCUT2D eigenvalue weighted by molar-refractivity contribution is 7.17. The molecule has 4 aromatic rings. The normalized spacial score (nSPS) is 11.0. The maximum Gasteiger partial charge on any atom is 0.283 e. The monoisotopic (exact) mass is 406 g/mol. The Bertz CT molecular complexity index is 1280. The van der Waals surface area contributed by atoms with E-state index in [0.717, 1.165) is 0 Å². The van der Waals surface area contributed by atoms with Crippen LogP contribution >= 0.6 is 11.3 Å². The summed E-state index contributed by atoms with van der Waals surface area (Å²) in [6.45, 7) is -0.0798. The van der Waals surface area contributed by atoms with E-state index in [9.17, 15) is 4.79 Å². The Morgan fingerprint density at radius 2 is 2.28 bits per heavy atom. The highest BCUT2D eigenvalue weighted by Gasteiger charge is 2.14. The molecule has 0 aliphatic heterocycles. The molecule has 0 saturated carbocycles. The number of nitrogens with zero attached hydrogens (tertiary/aromatic N) is 4. The first-order valence-corrected chi connectivity index (χ1v) is 9.34. The molecule has 0 amide bonds. The van der Waals surface area contributed by atoms with Crippen LogP contribution in [0.4, 0.5) is 0 Å². The molecule has 9 heteroatoms. The van der Waals surface area contributed by atoms with Gasteiger partial charge < -0.3 is 13.9 Å². The fourth-order valence-corrected chi connectivity index (χ4v) is 3.63. The van der Waals surface area contributed by atoms with Crippen molar-refractivity contribution in [3.63, 3.8) is 0 Å². The van der Waals surface area contributed by atoms with Gasteiger partial charge >= 0.3 is 0 Å². The van der Waals surface area contributed by atoms with E-state index in [1.807, 2.05) is 11.4 Å². The van der Waals surface area contributed by atoms with Crippen molar-refractivity contribution in [1.82, 2.24) is 9.66 Å². The first-order valence-electron chi connectivity index (χ1n) is 8.46. The minimum absolute atomic E-state index is 0.0798. The minimum atomic E-state index is -0.292. The van der Waals surface area contributed by atoms with Crippen LogP contribution in [-0.2, 0) is 0 Å². The summed E-state index contributed by atoms with van der Waals surface area (Å²) in [5.74, 6) is 1.52. The highest BCUT2D eigenvalue weighted by Crippen LogP contribution is 2.31. The van der Waals surface area contributed by atoms with Crippen LogP contribution in [0.1, 0.15) is 5.56 Å². The van der Waals surface area contributed by atoms with Gasteiger partial charge in [0.2, 0.25) is 0 Å². The van der Waals surface area contributed by atoms with Crippen molar-refractivity contribution in [1.29, 1.82) is 5.26 Å². The predicted molar refractivity (Wildman–Crippen MR) is 109 cm³/mol. The van der Waals surface area contributed by atoms with E-state index in [-0.39, 0.29) is 12.2 Å². The zero-order valence-corrected chi connectivity index (χ0v) is 16.0. The molecule has 0 unspecified atom stereocenters. The van der Waals surface area contributed by atoms with E-state index >= 15 is 0 Å². The number of hydrogen-bond donors (Lipinski definition) is 0. The Morgan fingerprint density at radius 3 is 3.03 bits per heavy atom. The Hall–Kier alpha value is -3.90. The molecule has 0 spiro atoms. The number of thiophene rings is 1. The first-order chi connectivity index (χ1) is 14.2. The number of rotatable bonds is 6. The van der Waals surface area contributed by atoms with Gasteiger partial charge in [0.15, 0.2) is 18.1 Å². The van der Waals surface area contributed by atoms with Crippen molar-refractivity contribution in [3.05, 3.63) is 64.2 Å². The zero-order valence-electron chi connectivity index (χ0n) is 15.2. The average molecular weight is 406 g/mol. The van der Waals surface area contributed by atoms with Gasteiger partial charge in [0, 0.05) is 10.9 Å². The molecular formula is C20H14N4O4S. The molecule has 144 valence electrons. The molecule has 29 heavy (non-hydrogen) atoms. The van der Waals surface area contributed by atoms with Crippen molar-refractivity contribution in [2.24, 2.45) is 5.10 Å². The van der Waals surface area contributed by atoms with Crippen molar-refractivity contribution in [2.75, 3.05) is 13.7 Å². The second kappa shape index (κ2) is 8.00. The van der Waals surface area contributed by atoms with Gasteiger partial charge in [-0.05, 0) is 35.9 Å². The summed E-state index contributed by atoms with van der Waals surface area (Å²) in [5, 5.41) is 15.2. The molecule has 0 bridgehead atoms. The van der Waals surface area contributed by atoms with Crippen molar-refractivity contribution < 1.29 is 13.9 Å². The highest BCUT2D eigenvalue weighted by atomic mass is 32.1. The molecule has 4 rings (SSSR count). The molecule has 3 aromatic heterocycles. The first kappa shape index (κ1) is 18.5. The van der Waals surface area contributed by atoms with Gasteiger partial charge in [0.25, 0.3) is 5.56 Å². The van der Waals surface area contributed by atoms with Crippen molar-refractivity contribution in [2.45, 2.75) is 0 Å². The SMILES string of the molecule is COc1cc(/C=N\n2cnc3scc(-c4ccco4)c3c2=O)ccc1OCC#N. The van der Waals surface area contributed by atoms with E-state index in [2.05, 4.69) is 10.1 Å². The van der Waals surface area contributed by atoms with E-state index in [1.165, 1.54) is 35.7 Å². The number of fused-ring (bicyclic) bond motifs is 1. The second-order valence-electron chi connectivity index (χ2n) is 5.80. The molecule has 0 fully saturated rings. The Labute approximate surface area is 168 Å². The van der Waals surface area contributed by atoms with Crippen LogP contribution in [0.25, 0.3) is 21.5 Å². The van der Waals surface area contributed by atoms with Gasteiger partial charge in [0.1, 0.15) is 23.0 Å². The average Bonchev–Trinajstić information content (AvgIpc) is 3.42. The molecule has 0 N–H and O–H groups in total. The summed E-state index contributed by atoms with van der Waals surface area (Å²) in [7, 11) is 1.50. The van der Waals surface area contributed by atoms with Gasteiger partial charge in [-0.2, -0.15) is 15.0 Å². The molecule has 0 aliphatic carbocycles. The van der Waals surface area contributed by atoms with Crippen LogP contribution in [0.15, 0.2) is 62.6 Å². The molecule has 0 radical (unpaired) electrons. The third kappa shape index (κ3) is 3.61. The van der Waals surface area contributed by atoms with Gasteiger partial charge in [-0.1, -0.05) is 0 Å². The maximum atomic E-state index is 12.9. The zero-order chi connectivity index (χ0) is 20.2. The number of benzene rings is 1. The minimum Gasteiger partial charge on any atom is -0.493 e. The molecule has 0 saturated heterocycles. The lowest BCUT2D eigenvalue weighted by molar-refractivity contribution is 0.329. The number of nitriles is 1. The van der Waals surface area contributed by atoms with Crippen LogP contribution in [0.5, 0.6) is 11.5 Å². The molecule has 0 aliphatic rings. The topological polar surface area (TPSA) is 103 Å². The standard InChI is InChI=1S/C20H14N4O4S/c1-26-17-9-13(4-5-16(17)28-8-6-21)10-23-24-12-22-19-18(20(24)25)14(11-29-19)15-3-2-7-27-15/h2-5,7,9-12H,8H2,1H3/b23-10-. The summed E-state index contributed by atoms with van der Waals surface area (Å²) >= 11 is 1.37. The number of furan rings is 1. The third-order valence-corrected chi connectivity index (χ3v) is 4.96. The molecule has 8 nitrogen and oxygen atoms in total. The van der Waals surface area contributed by atoms with Crippen LogP contribution in [0.2, 0.25) is 0 Å². The van der Waals surface area contributed by atoms with Gasteiger partial charge in [-0.3, -0.25) is 4.79 Å². The summed E-state index contributed by atoms with van der Waals surface area (Å²) in [6.07, 6.45) is 4.46. The molecule has 1 aromatic carbocycles. The predicted octanol–water partition coefficient (Wildman–Crippen LogP) is 3.51. The Balaban J connectivity index is 1.69. The second-order valence-corrected chi connectivity index (χ2v) is 6.66. The summed E-state index contributed by atoms with van der Waals surface area (Å²) in [4.78, 5) is 17.9.